The van der Waals surface area contributed by atoms with Crippen LogP contribution in [0.2, 0.25) is 5.02 Å². The van der Waals surface area contributed by atoms with Crippen LogP contribution < -0.4 is 10.6 Å². The zero-order valence-corrected chi connectivity index (χ0v) is 18.6. The van der Waals surface area contributed by atoms with E-state index in [0.29, 0.717) is 34.8 Å². The predicted octanol–water partition coefficient (Wildman–Crippen LogP) is 2.27. The number of aromatic nitrogens is 1. The molecule has 2 atom stereocenters. The number of amides is 4. The van der Waals surface area contributed by atoms with Gasteiger partial charge in [-0.15, -0.1) is 0 Å². The van der Waals surface area contributed by atoms with Crippen molar-refractivity contribution in [2.75, 3.05) is 20.1 Å². The molecular weight excluding hydrogens is 430 g/mol. The van der Waals surface area contributed by atoms with Crippen molar-refractivity contribution < 1.29 is 14.4 Å². The Bertz CT molecular complexity index is 1090. The highest BCUT2D eigenvalue weighted by Gasteiger charge is 2.45. The van der Waals surface area contributed by atoms with E-state index in [9.17, 15) is 14.4 Å². The van der Waals surface area contributed by atoms with Crippen LogP contribution in [-0.4, -0.2) is 58.8 Å². The number of carbonyl (C=O) groups is 3. The average molecular weight is 454 g/mol. The summed E-state index contributed by atoms with van der Waals surface area (Å²) in [4.78, 5) is 45.8. The van der Waals surface area contributed by atoms with Gasteiger partial charge in [-0.25, -0.2) is 4.79 Å². The molecule has 0 saturated carbocycles. The lowest BCUT2D eigenvalue weighted by molar-refractivity contribution is -0.135. The minimum absolute atomic E-state index is 0.174. The van der Waals surface area contributed by atoms with Gasteiger partial charge in [-0.2, -0.15) is 0 Å². The normalized spacial score (nSPS) is 19.0. The summed E-state index contributed by atoms with van der Waals surface area (Å²) in [6, 6.07) is 11.0. The molecule has 0 bridgehead atoms. The van der Waals surface area contributed by atoms with Crippen molar-refractivity contribution in [2.24, 2.45) is 0 Å². The molecule has 0 aliphatic carbocycles. The van der Waals surface area contributed by atoms with Crippen LogP contribution in [-0.2, 0) is 16.0 Å². The number of halogens is 1. The SMILES string of the molecule is CC(C(=O)NCCc1ccccn1)N1CC2=C(C1=O)C(c1ccccc1Cl)NC(=O)N2C. The van der Waals surface area contributed by atoms with E-state index in [1.165, 1.54) is 9.80 Å². The lowest BCUT2D eigenvalue weighted by Gasteiger charge is -2.31. The van der Waals surface area contributed by atoms with Gasteiger partial charge in [-0.3, -0.25) is 19.5 Å². The fourth-order valence-electron chi connectivity index (χ4n) is 3.99. The third-order valence-corrected chi connectivity index (χ3v) is 6.20. The van der Waals surface area contributed by atoms with Crippen LogP contribution in [0.15, 0.2) is 59.9 Å². The van der Waals surface area contributed by atoms with E-state index in [0.717, 1.165) is 5.69 Å². The molecule has 9 heteroatoms. The van der Waals surface area contributed by atoms with E-state index in [-0.39, 0.29) is 24.4 Å². The summed E-state index contributed by atoms with van der Waals surface area (Å²) in [5, 5.41) is 6.19. The Hall–Kier alpha value is -3.39. The maximum Gasteiger partial charge on any atom is 0.322 e. The number of nitrogens with one attached hydrogen (secondary N) is 2. The first-order chi connectivity index (χ1) is 15.4. The molecule has 3 heterocycles. The maximum absolute atomic E-state index is 13.4. The molecule has 0 fully saturated rings. The maximum atomic E-state index is 13.4. The molecule has 4 rings (SSSR count). The summed E-state index contributed by atoms with van der Waals surface area (Å²) in [5.74, 6) is -0.547. The molecule has 0 spiro atoms. The first-order valence-electron chi connectivity index (χ1n) is 10.4. The molecule has 2 N–H and O–H groups in total. The molecule has 4 amide bonds. The average Bonchev–Trinajstić information content (AvgIpc) is 3.14. The highest BCUT2D eigenvalue weighted by molar-refractivity contribution is 6.31. The van der Waals surface area contributed by atoms with Gasteiger partial charge in [0, 0.05) is 36.9 Å². The van der Waals surface area contributed by atoms with Gasteiger partial charge in [0.05, 0.1) is 23.9 Å². The molecule has 2 aromatic rings. The fourth-order valence-corrected chi connectivity index (χ4v) is 4.24. The predicted molar refractivity (Wildman–Crippen MR) is 120 cm³/mol. The number of rotatable bonds is 6. The Labute approximate surface area is 191 Å². The molecule has 2 aliphatic heterocycles. The summed E-state index contributed by atoms with van der Waals surface area (Å²) < 4.78 is 0. The van der Waals surface area contributed by atoms with Crippen LogP contribution >= 0.6 is 11.6 Å². The Morgan fingerprint density at radius 3 is 2.72 bits per heavy atom. The Balaban J connectivity index is 1.49. The summed E-state index contributed by atoms with van der Waals surface area (Å²) >= 11 is 6.36. The van der Waals surface area contributed by atoms with Crippen LogP contribution in [0.3, 0.4) is 0 Å². The summed E-state index contributed by atoms with van der Waals surface area (Å²) in [7, 11) is 1.61. The third-order valence-electron chi connectivity index (χ3n) is 5.86. The lowest BCUT2D eigenvalue weighted by atomic mass is 9.95. The van der Waals surface area contributed by atoms with E-state index in [1.807, 2.05) is 18.2 Å². The van der Waals surface area contributed by atoms with E-state index < -0.39 is 12.1 Å². The second kappa shape index (κ2) is 9.00. The first-order valence-corrected chi connectivity index (χ1v) is 10.8. The van der Waals surface area contributed by atoms with E-state index in [4.69, 9.17) is 11.6 Å². The van der Waals surface area contributed by atoms with Crippen molar-refractivity contribution in [1.29, 1.82) is 0 Å². The molecule has 0 radical (unpaired) electrons. The number of likely N-dealkylation sites (N-methyl/N-ethyl adjacent to an activating group) is 1. The van der Waals surface area contributed by atoms with Gasteiger partial charge in [0.25, 0.3) is 5.91 Å². The number of carbonyl (C=O) groups excluding carboxylic acids is 3. The molecular formula is C23H24ClN5O3. The highest BCUT2D eigenvalue weighted by atomic mass is 35.5. The van der Waals surface area contributed by atoms with Gasteiger partial charge in [-0.1, -0.05) is 35.9 Å². The van der Waals surface area contributed by atoms with Crippen molar-refractivity contribution >= 4 is 29.4 Å². The number of benzene rings is 1. The van der Waals surface area contributed by atoms with Crippen molar-refractivity contribution in [1.82, 2.24) is 25.4 Å². The molecule has 8 nitrogen and oxygen atoms in total. The van der Waals surface area contributed by atoms with Gasteiger partial charge in [0.1, 0.15) is 6.04 Å². The molecule has 2 unspecified atom stereocenters. The molecule has 2 aliphatic rings. The van der Waals surface area contributed by atoms with Crippen LogP contribution in [0, 0.1) is 0 Å². The van der Waals surface area contributed by atoms with Gasteiger partial charge in [0.2, 0.25) is 5.91 Å². The molecule has 0 saturated heterocycles. The van der Waals surface area contributed by atoms with E-state index >= 15 is 0 Å². The smallest absolute Gasteiger partial charge is 0.322 e. The summed E-state index contributed by atoms with van der Waals surface area (Å²) in [6.07, 6.45) is 2.30. The third kappa shape index (κ3) is 4.05. The molecule has 166 valence electrons. The number of nitrogens with zero attached hydrogens (tertiary/aromatic N) is 3. The molecule has 32 heavy (non-hydrogen) atoms. The largest absolute Gasteiger partial charge is 0.354 e. The van der Waals surface area contributed by atoms with Crippen LogP contribution in [0.1, 0.15) is 24.2 Å². The second-order valence-electron chi connectivity index (χ2n) is 7.79. The van der Waals surface area contributed by atoms with Gasteiger partial charge < -0.3 is 15.5 Å². The second-order valence-corrected chi connectivity index (χ2v) is 8.20. The monoisotopic (exact) mass is 453 g/mol. The number of pyridine rings is 1. The zero-order chi connectivity index (χ0) is 22.8. The van der Waals surface area contributed by atoms with Gasteiger partial charge in [0.15, 0.2) is 0 Å². The highest BCUT2D eigenvalue weighted by Crippen LogP contribution is 2.38. The van der Waals surface area contributed by atoms with Crippen LogP contribution in [0.4, 0.5) is 4.79 Å². The topological polar surface area (TPSA) is 94.6 Å². The number of hydrogen-bond donors (Lipinski definition) is 2. The first kappa shape index (κ1) is 21.8. The summed E-state index contributed by atoms with van der Waals surface area (Å²) in [5.41, 5.74) is 2.54. The minimum Gasteiger partial charge on any atom is -0.354 e. The number of urea groups is 1. The minimum atomic E-state index is -0.702. The van der Waals surface area contributed by atoms with E-state index in [1.54, 1.807) is 44.4 Å². The van der Waals surface area contributed by atoms with Crippen molar-refractivity contribution in [3.05, 3.63) is 76.2 Å². The van der Waals surface area contributed by atoms with Crippen molar-refractivity contribution in [2.45, 2.75) is 25.4 Å². The molecule has 1 aromatic carbocycles. The Kier molecular flexibility index (Phi) is 6.14. The zero-order valence-electron chi connectivity index (χ0n) is 17.8. The quantitative estimate of drug-likeness (QED) is 0.701. The van der Waals surface area contributed by atoms with E-state index in [2.05, 4.69) is 15.6 Å². The van der Waals surface area contributed by atoms with Crippen LogP contribution in [0.25, 0.3) is 0 Å². The van der Waals surface area contributed by atoms with Crippen LogP contribution in [0.5, 0.6) is 0 Å². The summed E-state index contributed by atoms with van der Waals surface area (Å²) in [6.45, 7) is 2.28. The lowest BCUT2D eigenvalue weighted by Crippen LogP contribution is -2.47. The Morgan fingerprint density at radius 1 is 1.25 bits per heavy atom. The van der Waals surface area contributed by atoms with Crippen molar-refractivity contribution in [3.8, 4) is 0 Å². The van der Waals surface area contributed by atoms with Gasteiger partial charge in [-0.05, 0) is 30.7 Å². The van der Waals surface area contributed by atoms with Gasteiger partial charge >= 0.3 is 6.03 Å². The standard InChI is InChI=1S/C23H24ClN5O3/c1-14(21(30)26-12-10-15-7-5-6-11-25-15)29-13-18-19(22(29)31)20(27-23(32)28(18)2)16-8-3-4-9-17(16)24/h3-9,11,14,20H,10,12-13H2,1-2H3,(H,26,30)(H,27,32). The fraction of sp³-hybridized carbons (Fsp3) is 0.304. The molecule has 1 aromatic heterocycles. The van der Waals surface area contributed by atoms with Crippen molar-refractivity contribution in [3.63, 3.8) is 0 Å². The Morgan fingerprint density at radius 2 is 2.00 bits per heavy atom. The number of hydrogen-bond acceptors (Lipinski definition) is 4.